The number of esters is 1. The first kappa shape index (κ1) is 19.9. The number of hydrogen-bond acceptors (Lipinski definition) is 4. The van der Waals surface area contributed by atoms with Gasteiger partial charge in [0.2, 0.25) is 0 Å². The molecule has 2 rings (SSSR count). The third kappa shape index (κ3) is 5.79. The van der Waals surface area contributed by atoms with Crippen molar-refractivity contribution >= 4 is 17.6 Å². The molecule has 2 aromatic carbocycles. The maximum Gasteiger partial charge on any atom is 0.387 e. The molecule has 0 unspecified atom stereocenters. The molecule has 2 aromatic rings. The second kappa shape index (κ2) is 9.88. The minimum atomic E-state index is -2.89. The van der Waals surface area contributed by atoms with Crippen LogP contribution in [-0.2, 0) is 9.53 Å². The molecule has 0 N–H and O–H groups in total. The summed E-state index contributed by atoms with van der Waals surface area (Å²) in [5.41, 5.74) is 1.66. The lowest BCUT2D eigenvalue weighted by Crippen LogP contribution is -2.08. The Labute approximate surface area is 156 Å². The molecule has 0 aliphatic carbocycles. The van der Waals surface area contributed by atoms with E-state index in [1.165, 1.54) is 12.1 Å². The molecule has 0 aliphatic rings. The Balaban J connectivity index is 2.39. The lowest BCUT2D eigenvalue weighted by molar-refractivity contribution is -0.137. The summed E-state index contributed by atoms with van der Waals surface area (Å²) in [7, 11) is 0. The van der Waals surface area contributed by atoms with Crippen LogP contribution in [0.2, 0.25) is 0 Å². The number of carbonyl (C=O) groups excluding carboxylic acids is 1. The molecule has 0 aliphatic heterocycles. The van der Waals surface area contributed by atoms with Gasteiger partial charge >= 0.3 is 12.6 Å². The van der Waals surface area contributed by atoms with E-state index in [9.17, 15) is 18.8 Å². The van der Waals surface area contributed by atoms with Gasteiger partial charge in [0.1, 0.15) is 17.4 Å². The molecule has 27 heavy (non-hydrogen) atoms. The monoisotopic (exact) mass is 369 g/mol. The smallest absolute Gasteiger partial charge is 0.387 e. The molecule has 6 heteroatoms. The summed E-state index contributed by atoms with van der Waals surface area (Å²) < 4.78 is 33.7. The van der Waals surface area contributed by atoms with Crippen LogP contribution < -0.4 is 4.74 Å². The Kier molecular flexibility index (Phi) is 7.26. The molecule has 0 atom stereocenters. The number of nitrogens with zero attached hydrogens (tertiary/aromatic N) is 1. The number of alkyl halides is 2. The summed E-state index contributed by atoms with van der Waals surface area (Å²) in [6, 6.07) is 16.9. The van der Waals surface area contributed by atoms with Crippen molar-refractivity contribution in [1.29, 1.82) is 5.26 Å². The van der Waals surface area contributed by atoms with Crippen molar-refractivity contribution in [2.24, 2.45) is 0 Å². The molecule has 138 valence electrons. The van der Waals surface area contributed by atoms with Crippen molar-refractivity contribution in [1.82, 2.24) is 0 Å². The lowest BCUT2D eigenvalue weighted by atomic mass is 9.99. The van der Waals surface area contributed by atoms with Gasteiger partial charge in [-0.25, -0.2) is 4.79 Å². The lowest BCUT2D eigenvalue weighted by Gasteiger charge is -2.07. The molecule has 0 radical (unpaired) electrons. The SMILES string of the molecule is CCOC(=O)/C(C#N)=C(\C=C\c1ccc(OC(F)F)cc1)c1ccccc1. The Morgan fingerprint density at radius 1 is 1.15 bits per heavy atom. The molecule has 0 amide bonds. The average molecular weight is 369 g/mol. The van der Waals surface area contributed by atoms with Crippen LogP contribution in [0.4, 0.5) is 8.78 Å². The van der Waals surface area contributed by atoms with Crippen LogP contribution in [0.3, 0.4) is 0 Å². The number of carbonyl (C=O) groups is 1. The highest BCUT2D eigenvalue weighted by Crippen LogP contribution is 2.23. The first-order chi connectivity index (χ1) is 13.0. The number of allylic oxidation sites excluding steroid dienone is 2. The van der Waals surface area contributed by atoms with Gasteiger partial charge in [0.05, 0.1) is 6.61 Å². The number of rotatable bonds is 7. The Bertz CT molecular complexity index is 867. The number of hydrogen-bond donors (Lipinski definition) is 0. The van der Waals surface area contributed by atoms with Gasteiger partial charge in [0.25, 0.3) is 0 Å². The van der Waals surface area contributed by atoms with E-state index in [1.807, 2.05) is 12.1 Å². The van der Waals surface area contributed by atoms with Crippen LogP contribution in [0.25, 0.3) is 11.6 Å². The van der Waals surface area contributed by atoms with E-state index in [0.29, 0.717) is 16.7 Å². The van der Waals surface area contributed by atoms with Gasteiger partial charge in [-0.05, 0) is 30.2 Å². The van der Waals surface area contributed by atoms with Crippen molar-refractivity contribution in [3.8, 4) is 11.8 Å². The van der Waals surface area contributed by atoms with Crippen molar-refractivity contribution < 1.29 is 23.0 Å². The largest absolute Gasteiger partial charge is 0.462 e. The van der Waals surface area contributed by atoms with E-state index >= 15 is 0 Å². The van der Waals surface area contributed by atoms with Gasteiger partial charge < -0.3 is 9.47 Å². The summed E-state index contributed by atoms with van der Waals surface area (Å²) in [6.45, 7) is -1.07. The second-order valence-corrected chi connectivity index (χ2v) is 5.27. The molecule has 4 nitrogen and oxygen atoms in total. The maximum atomic E-state index is 12.2. The first-order valence-electron chi connectivity index (χ1n) is 8.15. The van der Waals surface area contributed by atoms with E-state index in [1.54, 1.807) is 55.5 Å². The average Bonchev–Trinajstić information content (AvgIpc) is 2.66. The predicted molar refractivity (Wildman–Crippen MR) is 97.7 cm³/mol. The summed E-state index contributed by atoms with van der Waals surface area (Å²) in [5, 5.41) is 9.44. The molecule has 0 saturated heterocycles. The topological polar surface area (TPSA) is 59.3 Å². The predicted octanol–water partition coefficient (Wildman–Crippen LogP) is 4.84. The van der Waals surface area contributed by atoms with Crippen LogP contribution in [0, 0.1) is 11.3 Å². The summed E-state index contributed by atoms with van der Waals surface area (Å²) >= 11 is 0. The Morgan fingerprint density at radius 2 is 1.81 bits per heavy atom. The number of nitriles is 1. The summed E-state index contributed by atoms with van der Waals surface area (Å²) in [5.74, 6) is -0.658. The number of benzene rings is 2. The quantitative estimate of drug-likeness (QED) is 0.303. The van der Waals surface area contributed by atoms with Crippen LogP contribution >= 0.6 is 0 Å². The van der Waals surface area contributed by atoms with Gasteiger partial charge in [-0.1, -0.05) is 54.6 Å². The van der Waals surface area contributed by atoms with Gasteiger partial charge in [-0.15, -0.1) is 0 Å². The molecule has 0 spiro atoms. The second-order valence-electron chi connectivity index (χ2n) is 5.27. The van der Waals surface area contributed by atoms with Crippen molar-refractivity contribution in [3.63, 3.8) is 0 Å². The standard InChI is InChI=1S/C21H17F2NO3/c1-2-26-20(25)19(14-24)18(16-6-4-3-5-7-16)13-10-15-8-11-17(12-9-15)27-21(22)23/h3-13,21H,2H2,1H3/b13-10+,19-18+. The van der Waals surface area contributed by atoms with E-state index in [4.69, 9.17) is 4.74 Å². The van der Waals surface area contributed by atoms with Gasteiger partial charge in [0, 0.05) is 5.57 Å². The van der Waals surface area contributed by atoms with Gasteiger partial charge in [-0.2, -0.15) is 14.0 Å². The molecular formula is C21H17F2NO3. The third-order valence-corrected chi connectivity index (χ3v) is 3.49. The molecule has 0 fully saturated rings. The molecule has 0 bridgehead atoms. The zero-order valence-corrected chi connectivity index (χ0v) is 14.6. The zero-order valence-electron chi connectivity index (χ0n) is 14.6. The first-order valence-corrected chi connectivity index (χ1v) is 8.15. The Hall–Kier alpha value is -3.46. The fourth-order valence-electron chi connectivity index (χ4n) is 2.30. The van der Waals surface area contributed by atoms with Crippen LogP contribution in [0.5, 0.6) is 5.75 Å². The summed E-state index contributed by atoms with van der Waals surface area (Å²) in [4.78, 5) is 12.1. The minimum Gasteiger partial charge on any atom is -0.462 e. The van der Waals surface area contributed by atoms with E-state index in [2.05, 4.69) is 4.74 Å². The highest BCUT2D eigenvalue weighted by molar-refractivity contribution is 6.04. The van der Waals surface area contributed by atoms with Crippen LogP contribution in [0.15, 0.2) is 66.2 Å². The van der Waals surface area contributed by atoms with Gasteiger partial charge in [-0.3, -0.25) is 0 Å². The van der Waals surface area contributed by atoms with Crippen molar-refractivity contribution in [2.45, 2.75) is 13.5 Å². The maximum absolute atomic E-state index is 12.2. The van der Waals surface area contributed by atoms with Gasteiger partial charge in [0.15, 0.2) is 0 Å². The fourth-order valence-corrected chi connectivity index (χ4v) is 2.30. The minimum absolute atomic E-state index is 0.0465. The zero-order chi connectivity index (χ0) is 19.6. The van der Waals surface area contributed by atoms with Crippen LogP contribution in [0.1, 0.15) is 18.1 Å². The number of halogens is 2. The molecule has 0 aromatic heterocycles. The molecular weight excluding hydrogens is 352 g/mol. The molecule has 0 heterocycles. The van der Waals surface area contributed by atoms with Crippen LogP contribution in [-0.4, -0.2) is 19.2 Å². The van der Waals surface area contributed by atoms with Crippen molar-refractivity contribution in [2.75, 3.05) is 6.61 Å². The third-order valence-electron chi connectivity index (χ3n) is 3.49. The molecule has 0 saturated carbocycles. The van der Waals surface area contributed by atoms with E-state index < -0.39 is 12.6 Å². The Morgan fingerprint density at radius 3 is 2.37 bits per heavy atom. The normalized spacial score (nSPS) is 11.8. The highest BCUT2D eigenvalue weighted by Gasteiger charge is 2.16. The van der Waals surface area contributed by atoms with E-state index in [0.717, 1.165) is 0 Å². The highest BCUT2D eigenvalue weighted by atomic mass is 19.3. The fraction of sp³-hybridized carbons (Fsp3) is 0.143. The summed E-state index contributed by atoms with van der Waals surface area (Å²) in [6.07, 6.45) is 3.29. The number of ether oxygens (including phenoxy) is 2. The van der Waals surface area contributed by atoms with Crippen molar-refractivity contribution in [3.05, 3.63) is 77.4 Å². The van der Waals surface area contributed by atoms with E-state index in [-0.39, 0.29) is 17.9 Å².